The molecular formula is C18H28FN3O3. The van der Waals surface area contributed by atoms with E-state index in [0.29, 0.717) is 32.5 Å². The summed E-state index contributed by atoms with van der Waals surface area (Å²) in [5.74, 6) is -0.293. The Balaban J connectivity index is 2.32. The van der Waals surface area contributed by atoms with Crippen LogP contribution in [0.2, 0.25) is 0 Å². The highest BCUT2D eigenvalue weighted by Crippen LogP contribution is 2.25. The fourth-order valence-electron chi connectivity index (χ4n) is 3.40. The number of ether oxygens (including phenoxy) is 1. The molecule has 1 saturated heterocycles. The Bertz CT molecular complexity index is 683. The van der Waals surface area contributed by atoms with E-state index in [1.807, 2.05) is 25.7 Å². The number of halogens is 1. The number of hydrogen-bond acceptors (Lipinski definition) is 5. The summed E-state index contributed by atoms with van der Waals surface area (Å²) in [6, 6.07) is 1.51. The highest BCUT2D eigenvalue weighted by Gasteiger charge is 2.39. The maximum Gasteiger partial charge on any atom is 0.333 e. The van der Waals surface area contributed by atoms with E-state index >= 15 is 0 Å². The third-order valence-corrected chi connectivity index (χ3v) is 4.70. The van der Waals surface area contributed by atoms with Crippen molar-refractivity contribution in [2.75, 3.05) is 26.7 Å². The lowest BCUT2D eigenvalue weighted by Gasteiger charge is -2.34. The number of likely N-dealkylation sites (tertiary alicyclic amines) is 1. The average molecular weight is 353 g/mol. The minimum atomic E-state index is -1.15. The lowest BCUT2D eigenvalue weighted by Crippen LogP contribution is -2.50. The van der Waals surface area contributed by atoms with E-state index in [9.17, 15) is 14.0 Å². The predicted octanol–water partition coefficient (Wildman–Crippen LogP) is 1.68. The first-order valence-electron chi connectivity index (χ1n) is 8.72. The van der Waals surface area contributed by atoms with Gasteiger partial charge in [-0.25, -0.2) is 13.9 Å². The summed E-state index contributed by atoms with van der Waals surface area (Å²) >= 11 is 0. The molecular weight excluding hydrogens is 325 g/mol. The van der Waals surface area contributed by atoms with Crippen molar-refractivity contribution in [1.29, 1.82) is 0 Å². The number of carbonyl (C=O) groups excluding carboxylic acids is 1. The van der Waals surface area contributed by atoms with Crippen LogP contribution in [0.25, 0.3) is 0 Å². The van der Waals surface area contributed by atoms with E-state index in [-0.39, 0.29) is 11.5 Å². The largest absolute Gasteiger partial charge is 0.467 e. The van der Waals surface area contributed by atoms with Crippen LogP contribution in [0.15, 0.2) is 10.9 Å². The Hall–Kier alpha value is -1.76. The number of hydrogen-bond donors (Lipinski definition) is 0. The maximum atomic E-state index is 12.9. The molecule has 2 rings (SSSR count). The van der Waals surface area contributed by atoms with Gasteiger partial charge >= 0.3 is 5.97 Å². The van der Waals surface area contributed by atoms with Gasteiger partial charge in [-0.2, -0.15) is 5.10 Å². The second-order valence-corrected chi connectivity index (χ2v) is 7.49. The zero-order chi connectivity index (χ0) is 18.8. The number of esters is 1. The smallest absolute Gasteiger partial charge is 0.333 e. The topological polar surface area (TPSA) is 64.4 Å². The number of carbonyl (C=O) groups is 1. The Morgan fingerprint density at radius 2 is 2.12 bits per heavy atom. The van der Waals surface area contributed by atoms with Crippen molar-refractivity contribution in [2.24, 2.45) is 5.92 Å². The molecule has 0 amide bonds. The maximum absolute atomic E-state index is 12.9. The SMILES string of the molecule is COC(=O)C(C)(CC(C)C)n1nc(CCN2CC(F)C2)c(C)cc1=O. The third-order valence-electron chi connectivity index (χ3n) is 4.70. The second-order valence-electron chi connectivity index (χ2n) is 7.49. The first kappa shape index (κ1) is 19.6. The number of alkyl halides is 1. The molecule has 0 saturated carbocycles. The van der Waals surface area contributed by atoms with Crippen LogP contribution in [0, 0.1) is 12.8 Å². The van der Waals surface area contributed by atoms with Gasteiger partial charge < -0.3 is 4.74 Å². The standard InChI is InChI=1S/C18H28FN3O3/c1-12(2)9-18(4,17(24)25-5)22-16(23)8-13(3)15(20-22)6-7-21-10-14(19)11-21/h8,12,14H,6-7,9-11H2,1-5H3. The lowest BCUT2D eigenvalue weighted by atomic mass is 9.90. The van der Waals surface area contributed by atoms with E-state index in [1.165, 1.54) is 17.9 Å². The molecule has 1 unspecified atom stereocenters. The molecule has 1 aromatic heterocycles. The van der Waals surface area contributed by atoms with Crippen molar-refractivity contribution < 1.29 is 13.9 Å². The van der Waals surface area contributed by atoms with Crippen LogP contribution in [0.5, 0.6) is 0 Å². The molecule has 0 aliphatic carbocycles. The summed E-state index contributed by atoms with van der Waals surface area (Å²) < 4.78 is 19.1. The Labute approximate surface area is 148 Å². The molecule has 0 bridgehead atoms. The molecule has 1 aliphatic rings. The molecule has 2 heterocycles. The van der Waals surface area contributed by atoms with Gasteiger partial charge in [-0.3, -0.25) is 9.69 Å². The van der Waals surface area contributed by atoms with Crippen molar-refractivity contribution in [3.05, 3.63) is 27.7 Å². The molecule has 140 valence electrons. The summed E-state index contributed by atoms with van der Waals surface area (Å²) in [6.45, 7) is 9.08. The normalized spacial score (nSPS) is 18.0. The molecule has 0 radical (unpaired) electrons. The van der Waals surface area contributed by atoms with Gasteiger partial charge in [0.2, 0.25) is 0 Å². The summed E-state index contributed by atoms with van der Waals surface area (Å²) in [7, 11) is 1.32. The van der Waals surface area contributed by atoms with E-state index in [0.717, 1.165) is 11.3 Å². The van der Waals surface area contributed by atoms with Gasteiger partial charge in [-0.1, -0.05) is 13.8 Å². The first-order chi connectivity index (χ1) is 11.7. The van der Waals surface area contributed by atoms with E-state index in [4.69, 9.17) is 4.74 Å². The Morgan fingerprint density at radius 3 is 2.64 bits per heavy atom. The predicted molar refractivity (Wildman–Crippen MR) is 93.4 cm³/mol. The van der Waals surface area contributed by atoms with Crippen molar-refractivity contribution in [1.82, 2.24) is 14.7 Å². The molecule has 0 N–H and O–H groups in total. The first-order valence-corrected chi connectivity index (χ1v) is 8.72. The summed E-state index contributed by atoms with van der Waals surface area (Å²) in [4.78, 5) is 26.9. The average Bonchev–Trinajstić information content (AvgIpc) is 2.50. The van der Waals surface area contributed by atoms with Crippen LogP contribution in [0.1, 0.15) is 38.4 Å². The summed E-state index contributed by atoms with van der Waals surface area (Å²) in [5, 5.41) is 4.50. The van der Waals surface area contributed by atoms with Crippen molar-refractivity contribution in [2.45, 2.75) is 52.2 Å². The second kappa shape index (κ2) is 7.64. The highest BCUT2D eigenvalue weighted by atomic mass is 19.1. The number of aromatic nitrogens is 2. The monoisotopic (exact) mass is 353 g/mol. The van der Waals surface area contributed by atoms with Gasteiger partial charge in [0.05, 0.1) is 12.8 Å². The lowest BCUT2D eigenvalue weighted by molar-refractivity contribution is -0.152. The van der Waals surface area contributed by atoms with Gasteiger partial charge in [-0.05, 0) is 31.7 Å². The van der Waals surface area contributed by atoms with E-state index < -0.39 is 17.7 Å². The fourth-order valence-corrected chi connectivity index (χ4v) is 3.40. The van der Waals surface area contributed by atoms with E-state index in [1.54, 1.807) is 6.92 Å². The van der Waals surface area contributed by atoms with Gasteiger partial charge in [-0.15, -0.1) is 0 Å². The van der Waals surface area contributed by atoms with Crippen LogP contribution < -0.4 is 5.56 Å². The Kier molecular flexibility index (Phi) is 5.98. The van der Waals surface area contributed by atoms with E-state index in [2.05, 4.69) is 5.10 Å². The molecule has 7 heteroatoms. The van der Waals surface area contributed by atoms with Crippen molar-refractivity contribution in [3.8, 4) is 0 Å². The van der Waals surface area contributed by atoms with Crippen molar-refractivity contribution >= 4 is 5.97 Å². The fraction of sp³-hybridized carbons (Fsp3) is 0.722. The zero-order valence-corrected chi connectivity index (χ0v) is 15.7. The third kappa shape index (κ3) is 4.26. The number of aryl methyl sites for hydroxylation is 1. The summed E-state index contributed by atoms with van der Waals surface area (Å²) in [5.41, 5.74) is 0.0715. The van der Waals surface area contributed by atoms with Crippen LogP contribution in [0.4, 0.5) is 4.39 Å². The molecule has 1 atom stereocenters. The van der Waals surface area contributed by atoms with Crippen LogP contribution in [-0.2, 0) is 21.5 Å². The number of methoxy groups -OCH3 is 1. The number of nitrogens with zero attached hydrogens (tertiary/aromatic N) is 3. The van der Waals surface area contributed by atoms with Crippen LogP contribution in [-0.4, -0.2) is 53.6 Å². The van der Waals surface area contributed by atoms with Crippen LogP contribution in [0.3, 0.4) is 0 Å². The molecule has 1 aromatic rings. The molecule has 1 fully saturated rings. The van der Waals surface area contributed by atoms with Gasteiger partial charge in [0.25, 0.3) is 5.56 Å². The molecule has 0 aromatic carbocycles. The highest BCUT2D eigenvalue weighted by molar-refractivity contribution is 5.78. The minimum Gasteiger partial charge on any atom is -0.467 e. The molecule has 6 nitrogen and oxygen atoms in total. The molecule has 25 heavy (non-hydrogen) atoms. The van der Waals surface area contributed by atoms with Crippen LogP contribution >= 0.6 is 0 Å². The number of rotatable bonds is 7. The van der Waals surface area contributed by atoms with Gasteiger partial charge in [0.1, 0.15) is 6.17 Å². The molecule has 0 spiro atoms. The van der Waals surface area contributed by atoms with Crippen molar-refractivity contribution in [3.63, 3.8) is 0 Å². The quantitative estimate of drug-likeness (QED) is 0.698. The zero-order valence-electron chi connectivity index (χ0n) is 15.7. The molecule has 1 aliphatic heterocycles. The minimum absolute atomic E-state index is 0.185. The summed E-state index contributed by atoms with van der Waals surface area (Å²) in [6.07, 6.45) is 0.319. The Morgan fingerprint density at radius 1 is 1.48 bits per heavy atom. The van der Waals surface area contributed by atoms with Gasteiger partial charge in [0, 0.05) is 32.1 Å². The van der Waals surface area contributed by atoms with Gasteiger partial charge in [0.15, 0.2) is 5.54 Å².